The standard InChI is InChI=1S/C30H25N3O2S2/c1-15-9-10-17(3)22(13-15)33-30-25(29-32-21-7-5-6-8-23(21)36-29)26(31)28(37-30)20-14-24(34)35-27-18(4)16(2)11-12-19(20)27/h5-14,33H,31H2,1-4H3. The molecule has 5 nitrogen and oxygen atoms in total. The Morgan fingerprint density at radius 1 is 0.919 bits per heavy atom. The number of rotatable bonds is 4. The van der Waals surface area contributed by atoms with Crippen LogP contribution in [-0.2, 0) is 0 Å². The minimum Gasteiger partial charge on any atom is -0.422 e. The summed E-state index contributed by atoms with van der Waals surface area (Å²) in [6.45, 7) is 8.14. The van der Waals surface area contributed by atoms with Crippen molar-refractivity contribution in [2.75, 3.05) is 11.1 Å². The molecule has 0 radical (unpaired) electrons. The SMILES string of the molecule is Cc1ccc(C)c(Nc2sc(-c3cc(=O)oc4c(C)c(C)ccc34)c(N)c2-c2nc3ccccc3s2)c1. The van der Waals surface area contributed by atoms with Crippen molar-refractivity contribution in [2.45, 2.75) is 27.7 Å². The number of anilines is 3. The lowest BCUT2D eigenvalue weighted by molar-refractivity contribution is 0.559. The van der Waals surface area contributed by atoms with E-state index in [1.165, 1.54) is 11.3 Å². The molecule has 3 heterocycles. The van der Waals surface area contributed by atoms with E-state index in [9.17, 15) is 4.79 Å². The molecule has 0 bridgehead atoms. The zero-order valence-electron chi connectivity index (χ0n) is 20.9. The Morgan fingerprint density at radius 2 is 1.70 bits per heavy atom. The van der Waals surface area contributed by atoms with Gasteiger partial charge in [0.2, 0.25) is 0 Å². The van der Waals surface area contributed by atoms with Gasteiger partial charge in [0.05, 0.1) is 26.3 Å². The fourth-order valence-electron chi connectivity index (χ4n) is 4.56. The molecule has 0 saturated heterocycles. The number of nitrogen functional groups attached to an aromatic ring is 1. The Bertz CT molecular complexity index is 1860. The van der Waals surface area contributed by atoms with Crippen LogP contribution in [0.4, 0.5) is 16.4 Å². The van der Waals surface area contributed by atoms with Gasteiger partial charge < -0.3 is 15.5 Å². The summed E-state index contributed by atoms with van der Waals surface area (Å²) >= 11 is 3.15. The fraction of sp³-hybridized carbons (Fsp3) is 0.133. The zero-order chi connectivity index (χ0) is 25.8. The van der Waals surface area contributed by atoms with E-state index in [0.29, 0.717) is 11.3 Å². The third-order valence-corrected chi connectivity index (χ3v) is 8.98. The quantitative estimate of drug-likeness (QED) is 0.227. The van der Waals surface area contributed by atoms with Gasteiger partial charge in [0, 0.05) is 22.7 Å². The van der Waals surface area contributed by atoms with Crippen LogP contribution >= 0.6 is 22.7 Å². The number of thiazole rings is 1. The minimum atomic E-state index is -0.394. The number of aromatic nitrogens is 1. The summed E-state index contributed by atoms with van der Waals surface area (Å²) < 4.78 is 6.74. The molecule has 0 aliphatic carbocycles. The molecule has 6 rings (SSSR count). The normalized spacial score (nSPS) is 11.5. The van der Waals surface area contributed by atoms with Crippen LogP contribution in [0.2, 0.25) is 0 Å². The van der Waals surface area contributed by atoms with Crippen LogP contribution in [0.15, 0.2) is 69.9 Å². The van der Waals surface area contributed by atoms with Crippen molar-refractivity contribution in [3.05, 3.63) is 93.3 Å². The average molecular weight is 524 g/mol. The number of hydrogen-bond acceptors (Lipinski definition) is 7. The Hall–Kier alpha value is -3.94. The fourth-order valence-corrected chi connectivity index (χ4v) is 6.82. The van der Waals surface area contributed by atoms with Gasteiger partial charge in [0.25, 0.3) is 0 Å². The van der Waals surface area contributed by atoms with E-state index in [1.807, 2.05) is 38.1 Å². The highest BCUT2D eigenvalue weighted by Crippen LogP contribution is 2.51. The lowest BCUT2D eigenvalue weighted by Gasteiger charge is -2.10. The van der Waals surface area contributed by atoms with Crippen LogP contribution < -0.4 is 16.7 Å². The van der Waals surface area contributed by atoms with E-state index < -0.39 is 5.63 Å². The first-order chi connectivity index (χ1) is 17.8. The molecule has 3 aromatic carbocycles. The minimum absolute atomic E-state index is 0.394. The lowest BCUT2D eigenvalue weighted by Crippen LogP contribution is -2.00. The summed E-state index contributed by atoms with van der Waals surface area (Å²) in [7, 11) is 0. The molecule has 7 heteroatoms. The Kier molecular flexibility index (Phi) is 5.62. The molecule has 0 fully saturated rings. The number of benzene rings is 3. The van der Waals surface area contributed by atoms with Crippen LogP contribution in [0.25, 0.3) is 42.2 Å². The predicted molar refractivity (Wildman–Crippen MR) is 157 cm³/mol. The smallest absolute Gasteiger partial charge is 0.336 e. The first-order valence-electron chi connectivity index (χ1n) is 12.0. The summed E-state index contributed by atoms with van der Waals surface area (Å²) in [6.07, 6.45) is 0. The number of hydrogen-bond donors (Lipinski definition) is 2. The number of nitrogens with one attached hydrogen (secondary N) is 1. The van der Waals surface area contributed by atoms with E-state index >= 15 is 0 Å². The maximum absolute atomic E-state index is 12.7. The first kappa shape index (κ1) is 23.5. The van der Waals surface area contributed by atoms with E-state index in [-0.39, 0.29) is 0 Å². The van der Waals surface area contributed by atoms with Gasteiger partial charge in [-0.15, -0.1) is 22.7 Å². The molecule has 0 aliphatic heterocycles. The Balaban J connectivity index is 1.63. The van der Waals surface area contributed by atoms with E-state index in [2.05, 4.69) is 49.5 Å². The maximum Gasteiger partial charge on any atom is 0.336 e. The summed E-state index contributed by atoms with van der Waals surface area (Å²) in [4.78, 5) is 18.4. The number of para-hydroxylation sites is 1. The molecule has 37 heavy (non-hydrogen) atoms. The van der Waals surface area contributed by atoms with Gasteiger partial charge in [0.1, 0.15) is 15.6 Å². The lowest BCUT2D eigenvalue weighted by atomic mass is 10.0. The number of thiophene rings is 1. The summed E-state index contributed by atoms with van der Waals surface area (Å²) in [5.74, 6) is 0. The molecule has 0 unspecified atom stereocenters. The van der Waals surface area contributed by atoms with Gasteiger partial charge in [-0.25, -0.2) is 9.78 Å². The Labute approximate surface area is 222 Å². The number of aryl methyl sites for hydroxylation is 4. The molecule has 3 N–H and O–H groups in total. The van der Waals surface area contributed by atoms with Gasteiger partial charge in [-0.3, -0.25) is 0 Å². The van der Waals surface area contributed by atoms with Crippen molar-refractivity contribution in [2.24, 2.45) is 0 Å². The van der Waals surface area contributed by atoms with Crippen molar-refractivity contribution in [1.29, 1.82) is 0 Å². The van der Waals surface area contributed by atoms with Crippen LogP contribution in [0.3, 0.4) is 0 Å². The van der Waals surface area contributed by atoms with Crippen molar-refractivity contribution in [3.63, 3.8) is 0 Å². The van der Waals surface area contributed by atoms with E-state index in [1.54, 1.807) is 17.4 Å². The second-order valence-electron chi connectivity index (χ2n) is 9.34. The van der Waals surface area contributed by atoms with Gasteiger partial charge in [-0.05, 0) is 68.1 Å². The average Bonchev–Trinajstić information content (AvgIpc) is 3.43. The van der Waals surface area contributed by atoms with Crippen LogP contribution in [0, 0.1) is 27.7 Å². The van der Waals surface area contributed by atoms with Crippen molar-refractivity contribution < 1.29 is 4.42 Å². The molecule has 0 saturated carbocycles. The second-order valence-corrected chi connectivity index (χ2v) is 11.4. The summed E-state index contributed by atoms with van der Waals surface area (Å²) in [6, 6.07) is 20.0. The molecular weight excluding hydrogens is 498 g/mol. The van der Waals surface area contributed by atoms with Crippen molar-refractivity contribution in [1.82, 2.24) is 4.98 Å². The van der Waals surface area contributed by atoms with Crippen LogP contribution in [0.5, 0.6) is 0 Å². The molecule has 6 aromatic rings. The van der Waals surface area contributed by atoms with Crippen LogP contribution in [0.1, 0.15) is 22.3 Å². The summed E-state index contributed by atoms with van der Waals surface area (Å²) in [5.41, 5.74) is 15.6. The van der Waals surface area contributed by atoms with E-state index in [0.717, 1.165) is 69.6 Å². The van der Waals surface area contributed by atoms with Gasteiger partial charge in [-0.1, -0.05) is 36.4 Å². The van der Waals surface area contributed by atoms with Gasteiger partial charge >= 0.3 is 5.63 Å². The monoisotopic (exact) mass is 523 g/mol. The van der Waals surface area contributed by atoms with Gasteiger partial charge in [0.15, 0.2) is 0 Å². The maximum atomic E-state index is 12.7. The summed E-state index contributed by atoms with van der Waals surface area (Å²) in [5, 5.41) is 6.24. The molecule has 184 valence electrons. The molecule has 0 atom stereocenters. The van der Waals surface area contributed by atoms with Crippen LogP contribution in [-0.4, -0.2) is 4.98 Å². The molecule has 0 spiro atoms. The number of nitrogens with two attached hydrogens (primary N) is 1. The highest BCUT2D eigenvalue weighted by atomic mass is 32.1. The Morgan fingerprint density at radius 3 is 2.51 bits per heavy atom. The number of fused-ring (bicyclic) bond motifs is 2. The predicted octanol–water partition coefficient (Wildman–Crippen LogP) is 8.36. The van der Waals surface area contributed by atoms with Crippen molar-refractivity contribution >= 4 is 60.2 Å². The zero-order valence-corrected chi connectivity index (χ0v) is 22.6. The first-order valence-corrected chi connectivity index (χ1v) is 13.6. The van der Waals surface area contributed by atoms with Crippen molar-refractivity contribution in [3.8, 4) is 21.0 Å². The van der Waals surface area contributed by atoms with Gasteiger partial charge in [-0.2, -0.15) is 0 Å². The topological polar surface area (TPSA) is 81.2 Å². The third kappa shape index (κ3) is 4.00. The highest BCUT2D eigenvalue weighted by molar-refractivity contribution is 7.24. The molecule has 0 amide bonds. The highest BCUT2D eigenvalue weighted by Gasteiger charge is 2.24. The third-order valence-electron chi connectivity index (χ3n) is 6.77. The number of nitrogens with zero attached hydrogens (tertiary/aromatic N) is 1. The molecular formula is C30H25N3O2S2. The molecule has 0 aliphatic rings. The second kappa shape index (κ2) is 8.87. The molecule has 3 aromatic heterocycles. The largest absolute Gasteiger partial charge is 0.422 e. The van der Waals surface area contributed by atoms with E-state index in [4.69, 9.17) is 15.1 Å².